The second-order valence-electron chi connectivity index (χ2n) is 5.37. The van der Waals surface area contributed by atoms with Gasteiger partial charge >= 0.3 is 5.97 Å². The van der Waals surface area contributed by atoms with Crippen molar-refractivity contribution in [3.8, 4) is 0 Å². The summed E-state index contributed by atoms with van der Waals surface area (Å²) in [4.78, 5) is 22.9. The van der Waals surface area contributed by atoms with Crippen LogP contribution in [0.25, 0.3) is 0 Å². The molecule has 0 aliphatic carbocycles. The number of nitrogens with one attached hydrogen (secondary N) is 1. The molecule has 21 heavy (non-hydrogen) atoms. The van der Waals surface area contributed by atoms with E-state index in [1.54, 1.807) is 13.0 Å². The van der Waals surface area contributed by atoms with Crippen molar-refractivity contribution in [2.24, 2.45) is 5.92 Å². The number of rotatable bonds is 8. The number of amides is 1. The number of aromatic nitrogens is 1. The molecule has 0 saturated carbocycles. The van der Waals surface area contributed by atoms with Crippen LogP contribution in [-0.4, -0.2) is 27.6 Å². The van der Waals surface area contributed by atoms with E-state index in [0.29, 0.717) is 12.1 Å². The highest BCUT2D eigenvalue weighted by Crippen LogP contribution is 2.15. The molecular formula is C15H23BrN2O3. The monoisotopic (exact) mass is 358 g/mol. The summed E-state index contributed by atoms with van der Waals surface area (Å²) in [7, 11) is 0. The molecule has 0 spiro atoms. The molecule has 2 unspecified atom stereocenters. The molecule has 5 nitrogen and oxygen atoms in total. The SMILES string of the molecule is CCn1cc(Br)cc1C(=O)NC(C)CCCC(C)C(=O)O. The highest BCUT2D eigenvalue weighted by Gasteiger charge is 2.15. The van der Waals surface area contributed by atoms with E-state index in [2.05, 4.69) is 21.2 Å². The van der Waals surface area contributed by atoms with Gasteiger partial charge in [0.15, 0.2) is 0 Å². The Hall–Kier alpha value is -1.30. The normalized spacial score (nSPS) is 13.7. The lowest BCUT2D eigenvalue weighted by Crippen LogP contribution is -2.33. The number of nitrogens with zero attached hydrogens (tertiary/aromatic N) is 1. The predicted octanol–water partition coefficient (Wildman–Crippen LogP) is 3.28. The number of carbonyl (C=O) groups excluding carboxylic acids is 1. The molecule has 0 radical (unpaired) electrons. The zero-order chi connectivity index (χ0) is 16.0. The second kappa shape index (κ2) is 8.22. The van der Waals surface area contributed by atoms with Crippen LogP contribution >= 0.6 is 15.9 Å². The molecule has 0 aliphatic heterocycles. The minimum Gasteiger partial charge on any atom is -0.481 e. The number of aryl methyl sites for hydroxylation is 1. The van der Waals surface area contributed by atoms with E-state index in [4.69, 9.17) is 5.11 Å². The Labute approximate surface area is 133 Å². The topological polar surface area (TPSA) is 71.3 Å². The van der Waals surface area contributed by atoms with E-state index >= 15 is 0 Å². The lowest BCUT2D eigenvalue weighted by Gasteiger charge is -2.15. The van der Waals surface area contributed by atoms with E-state index in [1.165, 1.54) is 0 Å². The van der Waals surface area contributed by atoms with Crippen molar-refractivity contribution in [3.63, 3.8) is 0 Å². The fraction of sp³-hybridized carbons (Fsp3) is 0.600. The van der Waals surface area contributed by atoms with Gasteiger partial charge in [-0.1, -0.05) is 13.3 Å². The standard InChI is InChI=1S/C15H23BrN2O3/c1-4-18-9-12(16)8-13(18)14(19)17-11(3)7-5-6-10(2)15(20)21/h8-11H,4-7H2,1-3H3,(H,17,19)(H,20,21). The smallest absolute Gasteiger partial charge is 0.306 e. The highest BCUT2D eigenvalue weighted by molar-refractivity contribution is 9.10. The van der Waals surface area contributed by atoms with Gasteiger partial charge in [-0.3, -0.25) is 9.59 Å². The average Bonchev–Trinajstić information content (AvgIpc) is 2.79. The van der Waals surface area contributed by atoms with Crippen molar-refractivity contribution >= 4 is 27.8 Å². The van der Waals surface area contributed by atoms with Gasteiger partial charge in [-0.25, -0.2) is 0 Å². The first-order valence-corrected chi connectivity index (χ1v) is 8.03. The highest BCUT2D eigenvalue weighted by atomic mass is 79.9. The summed E-state index contributed by atoms with van der Waals surface area (Å²) >= 11 is 3.37. The molecule has 1 rings (SSSR count). The van der Waals surface area contributed by atoms with Gasteiger partial charge in [0.25, 0.3) is 5.91 Å². The maximum Gasteiger partial charge on any atom is 0.306 e. The van der Waals surface area contributed by atoms with Crippen molar-refractivity contribution in [2.75, 3.05) is 0 Å². The first kappa shape index (κ1) is 17.8. The number of aliphatic carboxylic acids is 1. The van der Waals surface area contributed by atoms with Gasteiger partial charge in [0.05, 0.1) is 5.92 Å². The van der Waals surface area contributed by atoms with Crippen LogP contribution in [-0.2, 0) is 11.3 Å². The summed E-state index contributed by atoms with van der Waals surface area (Å²) < 4.78 is 2.77. The van der Waals surface area contributed by atoms with Crippen LogP contribution in [0.2, 0.25) is 0 Å². The maximum atomic E-state index is 12.2. The Balaban J connectivity index is 2.45. The van der Waals surface area contributed by atoms with E-state index in [0.717, 1.165) is 23.9 Å². The Kier molecular flexibility index (Phi) is 6.95. The maximum absolute atomic E-state index is 12.2. The van der Waals surface area contributed by atoms with E-state index in [-0.39, 0.29) is 17.9 Å². The Morgan fingerprint density at radius 3 is 2.62 bits per heavy atom. The lowest BCUT2D eigenvalue weighted by molar-refractivity contribution is -0.141. The Morgan fingerprint density at radius 2 is 2.05 bits per heavy atom. The molecule has 0 saturated heterocycles. The summed E-state index contributed by atoms with van der Waals surface area (Å²) in [5, 5.41) is 11.8. The molecule has 118 valence electrons. The zero-order valence-corrected chi connectivity index (χ0v) is 14.3. The first-order chi connectivity index (χ1) is 9.85. The molecule has 1 heterocycles. The second-order valence-corrected chi connectivity index (χ2v) is 6.29. The van der Waals surface area contributed by atoms with E-state index in [1.807, 2.05) is 24.6 Å². The largest absolute Gasteiger partial charge is 0.481 e. The molecule has 0 fully saturated rings. The van der Waals surface area contributed by atoms with Gasteiger partial charge in [0, 0.05) is 23.3 Å². The Bertz CT molecular complexity index is 499. The molecule has 1 aromatic heterocycles. The molecule has 0 aliphatic rings. The van der Waals surface area contributed by atoms with Gasteiger partial charge in [-0.05, 0) is 48.7 Å². The van der Waals surface area contributed by atoms with Gasteiger partial charge in [0.1, 0.15) is 5.69 Å². The van der Waals surface area contributed by atoms with Crippen LogP contribution in [0.5, 0.6) is 0 Å². The molecule has 2 N–H and O–H groups in total. The third kappa shape index (κ3) is 5.53. The minimum absolute atomic E-state index is 0.0254. The van der Waals surface area contributed by atoms with Crippen molar-refractivity contribution in [3.05, 3.63) is 22.4 Å². The van der Waals surface area contributed by atoms with E-state index in [9.17, 15) is 9.59 Å². The predicted molar refractivity (Wildman–Crippen MR) is 85.4 cm³/mol. The van der Waals surface area contributed by atoms with Crippen molar-refractivity contribution in [2.45, 2.75) is 52.6 Å². The number of hydrogen-bond acceptors (Lipinski definition) is 2. The van der Waals surface area contributed by atoms with Gasteiger partial charge in [-0.15, -0.1) is 0 Å². The van der Waals surface area contributed by atoms with Gasteiger partial charge < -0.3 is 15.0 Å². The van der Waals surface area contributed by atoms with Crippen molar-refractivity contribution in [1.29, 1.82) is 0 Å². The lowest BCUT2D eigenvalue weighted by atomic mass is 10.0. The van der Waals surface area contributed by atoms with Crippen LogP contribution < -0.4 is 5.32 Å². The molecule has 1 aromatic rings. The number of carbonyl (C=O) groups is 2. The van der Waals surface area contributed by atoms with Crippen LogP contribution in [0.3, 0.4) is 0 Å². The number of hydrogen-bond donors (Lipinski definition) is 2. The summed E-state index contributed by atoms with van der Waals surface area (Å²) in [5.74, 6) is -1.19. The van der Waals surface area contributed by atoms with Crippen LogP contribution in [0.1, 0.15) is 50.5 Å². The van der Waals surface area contributed by atoms with Gasteiger partial charge in [0.2, 0.25) is 0 Å². The zero-order valence-electron chi connectivity index (χ0n) is 12.7. The molecular weight excluding hydrogens is 336 g/mol. The average molecular weight is 359 g/mol. The summed E-state index contributed by atoms with van der Waals surface area (Å²) in [6.45, 7) is 6.37. The molecule has 1 amide bonds. The quantitative estimate of drug-likeness (QED) is 0.748. The molecule has 2 atom stereocenters. The number of carboxylic acid groups (broad SMARTS) is 1. The van der Waals surface area contributed by atoms with Gasteiger partial charge in [-0.2, -0.15) is 0 Å². The number of carboxylic acids is 1. The van der Waals surface area contributed by atoms with Crippen LogP contribution in [0.15, 0.2) is 16.7 Å². The third-order valence-corrected chi connectivity index (χ3v) is 3.94. The fourth-order valence-electron chi connectivity index (χ4n) is 2.15. The fourth-order valence-corrected chi connectivity index (χ4v) is 2.61. The summed E-state index contributed by atoms with van der Waals surface area (Å²) in [6, 6.07) is 1.83. The van der Waals surface area contributed by atoms with E-state index < -0.39 is 5.97 Å². The first-order valence-electron chi connectivity index (χ1n) is 7.24. The summed E-state index contributed by atoms with van der Waals surface area (Å²) in [5.41, 5.74) is 0.634. The summed E-state index contributed by atoms with van der Waals surface area (Å²) in [6.07, 6.45) is 4.07. The Morgan fingerprint density at radius 1 is 1.38 bits per heavy atom. The van der Waals surface area contributed by atoms with Crippen molar-refractivity contribution < 1.29 is 14.7 Å². The minimum atomic E-state index is -0.766. The third-order valence-electron chi connectivity index (χ3n) is 3.51. The molecule has 6 heteroatoms. The number of halogens is 1. The molecule has 0 bridgehead atoms. The van der Waals surface area contributed by atoms with Crippen LogP contribution in [0.4, 0.5) is 0 Å². The van der Waals surface area contributed by atoms with Crippen LogP contribution in [0, 0.1) is 5.92 Å². The molecule has 0 aromatic carbocycles. The van der Waals surface area contributed by atoms with Crippen molar-refractivity contribution in [1.82, 2.24) is 9.88 Å².